The van der Waals surface area contributed by atoms with Crippen LogP contribution < -0.4 is 4.74 Å². The first-order valence-corrected chi connectivity index (χ1v) is 8.68. The predicted octanol–water partition coefficient (Wildman–Crippen LogP) is 5.38. The topological polar surface area (TPSA) is 35.5 Å². The van der Waals surface area contributed by atoms with Crippen molar-refractivity contribution in [3.63, 3.8) is 0 Å². The number of hydrogen-bond acceptors (Lipinski definition) is 3. The number of unbranched alkanes of at least 4 members (excludes halogenated alkanes) is 6. The van der Waals surface area contributed by atoms with Crippen LogP contribution in [0, 0.1) is 0 Å². The molecule has 3 heteroatoms. The van der Waals surface area contributed by atoms with E-state index in [9.17, 15) is 4.79 Å². The van der Waals surface area contributed by atoms with Crippen molar-refractivity contribution in [3.05, 3.63) is 29.8 Å². The van der Waals surface area contributed by atoms with Crippen molar-refractivity contribution in [2.75, 3.05) is 13.2 Å². The molecule has 0 atom stereocenters. The van der Waals surface area contributed by atoms with Crippen molar-refractivity contribution >= 4 is 5.97 Å². The zero-order valence-electron chi connectivity index (χ0n) is 14.1. The lowest BCUT2D eigenvalue weighted by Crippen LogP contribution is -2.09. The molecule has 1 aromatic carbocycles. The molecule has 1 aromatic rings. The molecule has 0 saturated carbocycles. The van der Waals surface area contributed by atoms with E-state index in [1.165, 1.54) is 38.5 Å². The van der Waals surface area contributed by atoms with E-state index >= 15 is 0 Å². The molecule has 0 heterocycles. The molecule has 0 radical (unpaired) electrons. The van der Waals surface area contributed by atoms with Gasteiger partial charge in [0, 0.05) is 0 Å². The van der Waals surface area contributed by atoms with Crippen LogP contribution in [0.5, 0.6) is 5.75 Å². The van der Waals surface area contributed by atoms with Gasteiger partial charge in [-0.3, -0.25) is 0 Å². The van der Waals surface area contributed by atoms with Gasteiger partial charge in [-0.15, -0.1) is 0 Å². The fourth-order valence-electron chi connectivity index (χ4n) is 2.27. The Labute approximate surface area is 135 Å². The molecule has 0 aliphatic carbocycles. The van der Waals surface area contributed by atoms with Gasteiger partial charge in [0.15, 0.2) is 0 Å². The summed E-state index contributed by atoms with van der Waals surface area (Å²) in [5.74, 6) is 0.339. The van der Waals surface area contributed by atoms with Crippen LogP contribution >= 0.6 is 0 Å². The van der Waals surface area contributed by atoms with Crippen molar-refractivity contribution in [2.24, 2.45) is 0 Å². The first kappa shape index (κ1) is 18.5. The molecule has 124 valence electrons. The van der Waals surface area contributed by atoms with Crippen molar-refractivity contribution in [2.45, 2.75) is 65.2 Å². The summed E-state index contributed by atoms with van der Waals surface area (Å²) in [5, 5.41) is 0. The van der Waals surface area contributed by atoms with Gasteiger partial charge in [-0.25, -0.2) is 4.79 Å². The quantitative estimate of drug-likeness (QED) is 0.384. The van der Waals surface area contributed by atoms with E-state index in [0.717, 1.165) is 12.8 Å². The minimum absolute atomic E-state index is 0.294. The summed E-state index contributed by atoms with van der Waals surface area (Å²) in [4.78, 5) is 12.0. The van der Waals surface area contributed by atoms with Crippen LogP contribution in [0.25, 0.3) is 0 Å². The highest BCUT2D eigenvalue weighted by Crippen LogP contribution is 2.19. The Bertz CT molecular complexity index is 415. The van der Waals surface area contributed by atoms with Gasteiger partial charge < -0.3 is 9.47 Å². The molecule has 1 rings (SSSR count). The molecule has 0 spiro atoms. The second kappa shape index (κ2) is 12.1. The number of ether oxygens (including phenoxy) is 2. The fraction of sp³-hybridized carbons (Fsp3) is 0.632. The molecule has 3 nitrogen and oxygen atoms in total. The molecule has 0 unspecified atom stereocenters. The summed E-state index contributed by atoms with van der Waals surface area (Å²) in [6.07, 6.45) is 9.59. The average Bonchev–Trinajstić information content (AvgIpc) is 2.55. The molecule has 0 bridgehead atoms. The number of benzene rings is 1. The molecule has 0 aromatic heterocycles. The van der Waals surface area contributed by atoms with Gasteiger partial charge in [-0.05, 0) is 25.0 Å². The zero-order chi connectivity index (χ0) is 16.0. The third-order valence-electron chi connectivity index (χ3n) is 3.55. The molecular formula is C19H30O3. The Morgan fingerprint density at radius 2 is 1.55 bits per heavy atom. The summed E-state index contributed by atoms with van der Waals surface area (Å²) < 4.78 is 10.9. The Kier molecular flexibility index (Phi) is 10.2. The SMILES string of the molecule is CCCCCCCCCOc1ccccc1C(=O)OCCC. The van der Waals surface area contributed by atoms with Gasteiger partial charge in [0.1, 0.15) is 11.3 Å². The predicted molar refractivity (Wildman–Crippen MR) is 90.5 cm³/mol. The molecule has 0 aliphatic rings. The summed E-state index contributed by atoms with van der Waals surface area (Å²) in [5.41, 5.74) is 0.527. The van der Waals surface area contributed by atoms with Gasteiger partial charge in [0.25, 0.3) is 0 Å². The molecule has 0 aliphatic heterocycles. The summed E-state index contributed by atoms with van der Waals surface area (Å²) in [6, 6.07) is 7.32. The molecule has 0 saturated heterocycles. The van der Waals surface area contributed by atoms with Crippen LogP contribution in [0.2, 0.25) is 0 Å². The zero-order valence-corrected chi connectivity index (χ0v) is 14.1. The van der Waals surface area contributed by atoms with Crippen LogP contribution in [0.4, 0.5) is 0 Å². The van der Waals surface area contributed by atoms with Crippen LogP contribution in [-0.4, -0.2) is 19.2 Å². The molecule has 0 amide bonds. The minimum Gasteiger partial charge on any atom is -0.493 e. The number of esters is 1. The largest absolute Gasteiger partial charge is 0.493 e. The summed E-state index contributed by atoms with van der Waals surface area (Å²) >= 11 is 0. The van der Waals surface area contributed by atoms with Gasteiger partial charge >= 0.3 is 5.97 Å². The van der Waals surface area contributed by atoms with E-state index in [4.69, 9.17) is 9.47 Å². The number of carbonyl (C=O) groups excluding carboxylic acids is 1. The Balaban J connectivity index is 2.29. The first-order valence-electron chi connectivity index (χ1n) is 8.68. The lowest BCUT2D eigenvalue weighted by atomic mass is 10.1. The van der Waals surface area contributed by atoms with E-state index < -0.39 is 0 Å². The molecule has 22 heavy (non-hydrogen) atoms. The number of hydrogen-bond donors (Lipinski definition) is 0. The Hall–Kier alpha value is -1.51. The normalized spacial score (nSPS) is 10.5. The lowest BCUT2D eigenvalue weighted by Gasteiger charge is -2.11. The summed E-state index contributed by atoms with van der Waals surface area (Å²) in [7, 11) is 0. The van der Waals surface area contributed by atoms with Crippen molar-refractivity contribution < 1.29 is 14.3 Å². The van der Waals surface area contributed by atoms with E-state index in [1.54, 1.807) is 6.07 Å². The number of rotatable bonds is 12. The maximum atomic E-state index is 12.0. The van der Waals surface area contributed by atoms with Crippen LogP contribution in [0.15, 0.2) is 24.3 Å². The second-order valence-corrected chi connectivity index (χ2v) is 5.60. The average molecular weight is 306 g/mol. The maximum absolute atomic E-state index is 12.0. The molecule has 0 N–H and O–H groups in total. The minimum atomic E-state index is -0.294. The Morgan fingerprint density at radius 1 is 0.864 bits per heavy atom. The fourth-order valence-corrected chi connectivity index (χ4v) is 2.27. The highest BCUT2D eigenvalue weighted by molar-refractivity contribution is 5.92. The van der Waals surface area contributed by atoms with Gasteiger partial charge in [-0.1, -0.05) is 64.5 Å². The monoisotopic (exact) mass is 306 g/mol. The van der Waals surface area contributed by atoms with E-state index in [1.807, 2.05) is 25.1 Å². The number of para-hydroxylation sites is 1. The highest BCUT2D eigenvalue weighted by atomic mass is 16.5. The van der Waals surface area contributed by atoms with Crippen LogP contribution in [0.3, 0.4) is 0 Å². The number of carbonyl (C=O) groups is 1. The maximum Gasteiger partial charge on any atom is 0.341 e. The third-order valence-corrected chi connectivity index (χ3v) is 3.55. The molecular weight excluding hydrogens is 276 g/mol. The van der Waals surface area contributed by atoms with Crippen LogP contribution in [-0.2, 0) is 4.74 Å². The van der Waals surface area contributed by atoms with Crippen molar-refractivity contribution in [1.29, 1.82) is 0 Å². The highest BCUT2D eigenvalue weighted by Gasteiger charge is 2.12. The second-order valence-electron chi connectivity index (χ2n) is 5.60. The molecule has 0 fully saturated rings. The lowest BCUT2D eigenvalue weighted by molar-refractivity contribution is 0.0500. The van der Waals surface area contributed by atoms with Crippen LogP contribution in [0.1, 0.15) is 75.6 Å². The van der Waals surface area contributed by atoms with Gasteiger partial charge in [-0.2, -0.15) is 0 Å². The van der Waals surface area contributed by atoms with Crippen molar-refractivity contribution in [3.8, 4) is 5.75 Å². The third kappa shape index (κ3) is 7.48. The smallest absolute Gasteiger partial charge is 0.341 e. The summed E-state index contributed by atoms with van der Waals surface area (Å²) in [6.45, 7) is 5.32. The van der Waals surface area contributed by atoms with Crippen molar-refractivity contribution in [1.82, 2.24) is 0 Å². The van der Waals surface area contributed by atoms with Gasteiger partial charge in [0.05, 0.1) is 13.2 Å². The van der Waals surface area contributed by atoms with Gasteiger partial charge in [0.2, 0.25) is 0 Å². The van der Waals surface area contributed by atoms with E-state index in [0.29, 0.717) is 24.5 Å². The van der Waals surface area contributed by atoms with E-state index in [2.05, 4.69) is 6.92 Å². The first-order chi connectivity index (χ1) is 10.8. The standard InChI is InChI=1S/C19H30O3/c1-3-5-6-7-8-9-12-16-21-18-14-11-10-13-17(18)19(20)22-15-4-2/h10-11,13-14H,3-9,12,15-16H2,1-2H3. The Morgan fingerprint density at radius 3 is 2.27 bits per heavy atom. The van der Waals surface area contributed by atoms with E-state index in [-0.39, 0.29) is 5.97 Å².